The van der Waals surface area contributed by atoms with Crippen molar-refractivity contribution in [1.82, 2.24) is 0 Å². The maximum atomic E-state index is 5.67. The van der Waals surface area contributed by atoms with Crippen LogP contribution in [0.4, 0.5) is 0 Å². The molecule has 0 radical (unpaired) electrons. The molecule has 0 aliphatic rings. The molecule has 0 aliphatic carbocycles. The molecule has 0 bridgehead atoms. The van der Waals surface area contributed by atoms with Crippen LogP contribution in [0.25, 0.3) is 0 Å². The summed E-state index contributed by atoms with van der Waals surface area (Å²) in [6.07, 6.45) is 5.95. The van der Waals surface area contributed by atoms with Crippen molar-refractivity contribution in [2.24, 2.45) is 11.5 Å². The average molecular weight is 266 g/mol. The zero-order valence-electron chi connectivity index (χ0n) is 12.5. The van der Waals surface area contributed by atoms with Crippen molar-refractivity contribution in [2.45, 2.75) is 52.5 Å². The Hall–Kier alpha value is -1.06. The molecule has 3 nitrogen and oxygen atoms in total. The summed E-state index contributed by atoms with van der Waals surface area (Å²) < 4.78 is 5.67. The second kappa shape index (κ2) is 13.4. The van der Waals surface area contributed by atoms with E-state index in [-0.39, 0.29) is 0 Å². The van der Waals surface area contributed by atoms with Gasteiger partial charge in [-0.1, -0.05) is 45.2 Å². The summed E-state index contributed by atoms with van der Waals surface area (Å²) in [4.78, 5) is 0. The molecule has 19 heavy (non-hydrogen) atoms. The first kappa shape index (κ1) is 17.9. The second-order valence-electron chi connectivity index (χ2n) is 4.26. The molecule has 0 aliphatic heterocycles. The molecule has 0 heterocycles. The SMILES string of the molecule is CC.NCCCCCCCOc1cccc(CN)c1. The van der Waals surface area contributed by atoms with Crippen LogP contribution in [-0.4, -0.2) is 13.2 Å². The van der Waals surface area contributed by atoms with Crippen molar-refractivity contribution in [3.05, 3.63) is 29.8 Å². The lowest BCUT2D eigenvalue weighted by atomic mass is 10.1. The van der Waals surface area contributed by atoms with Gasteiger partial charge in [0.2, 0.25) is 0 Å². The first-order valence-corrected chi connectivity index (χ1v) is 7.48. The summed E-state index contributed by atoms with van der Waals surface area (Å²) in [6, 6.07) is 7.99. The third kappa shape index (κ3) is 9.51. The van der Waals surface area contributed by atoms with Crippen LogP contribution in [-0.2, 0) is 6.54 Å². The highest BCUT2D eigenvalue weighted by Crippen LogP contribution is 2.13. The lowest BCUT2D eigenvalue weighted by Crippen LogP contribution is -2.00. The molecule has 110 valence electrons. The largest absolute Gasteiger partial charge is 0.494 e. The molecule has 1 aromatic carbocycles. The van der Waals surface area contributed by atoms with Gasteiger partial charge < -0.3 is 16.2 Å². The second-order valence-corrected chi connectivity index (χ2v) is 4.26. The molecule has 4 N–H and O–H groups in total. The van der Waals surface area contributed by atoms with Crippen LogP contribution in [0.15, 0.2) is 24.3 Å². The molecule has 1 rings (SSSR count). The number of benzene rings is 1. The van der Waals surface area contributed by atoms with Crippen molar-refractivity contribution in [3.63, 3.8) is 0 Å². The summed E-state index contributed by atoms with van der Waals surface area (Å²) in [7, 11) is 0. The van der Waals surface area contributed by atoms with Gasteiger partial charge in [0, 0.05) is 6.54 Å². The molecule has 0 atom stereocenters. The van der Waals surface area contributed by atoms with Crippen molar-refractivity contribution in [2.75, 3.05) is 13.2 Å². The molecule has 3 heteroatoms. The molecule has 1 aromatic rings. The van der Waals surface area contributed by atoms with E-state index in [1.165, 1.54) is 19.3 Å². The van der Waals surface area contributed by atoms with Crippen LogP contribution < -0.4 is 16.2 Å². The predicted molar refractivity (Wildman–Crippen MR) is 83.3 cm³/mol. The maximum absolute atomic E-state index is 5.67. The molecule has 0 amide bonds. The van der Waals surface area contributed by atoms with E-state index in [9.17, 15) is 0 Å². The van der Waals surface area contributed by atoms with Gasteiger partial charge in [0.05, 0.1) is 6.61 Å². The first-order chi connectivity index (χ1) is 9.36. The number of hydrogen-bond acceptors (Lipinski definition) is 3. The highest BCUT2D eigenvalue weighted by Gasteiger charge is 1.96. The zero-order chi connectivity index (χ0) is 14.3. The molecule has 0 saturated heterocycles. The molecule has 0 fully saturated rings. The van der Waals surface area contributed by atoms with Gasteiger partial charge in [-0.3, -0.25) is 0 Å². The van der Waals surface area contributed by atoms with Crippen molar-refractivity contribution < 1.29 is 4.74 Å². The molecule has 0 unspecified atom stereocenters. The number of unbranched alkanes of at least 4 members (excludes halogenated alkanes) is 4. The summed E-state index contributed by atoms with van der Waals surface area (Å²) in [5.74, 6) is 0.926. The first-order valence-electron chi connectivity index (χ1n) is 7.48. The topological polar surface area (TPSA) is 61.3 Å². The fraction of sp³-hybridized carbons (Fsp3) is 0.625. The maximum Gasteiger partial charge on any atom is 0.119 e. The van der Waals surface area contributed by atoms with Gasteiger partial charge in [-0.05, 0) is 37.1 Å². The quantitative estimate of drug-likeness (QED) is 0.673. The third-order valence-electron chi connectivity index (χ3n) is 2.75. The van der Waals surface area contributed by atoms with E-state index in [1.54, 1.807) is 0 Å². The van der Waals surface area contributed by atoms with Gasteiger partial charge in [-0.2, -0.15) is 0 Å². The van der Waals surface area contributed by atoms with Crippen LogP contribution in [0.2, 0.25) is 0 Å². The minimum absolute atomic E-state index is 0.566. The van der Waals surface area contributed by atoms with Crippen LogP contribution in [0.5, 0.6) is 5.75 Å². The number of ether oxygens (including phenoxy) is 1. The Kier molecular flexibility index (Phi) is 12.6. The lowest BCUT2D eigenvalue weighted by molar-refractivity contribution is 0.304. The lowest BCUT2D eigenvalue weighted by Gasteiger charge is -2.07. The number of rotatable bonds is 9. The van der Waals surface area contributed by atoms with E-state index in [1.807, 2.05) is 38.1 Å². The Balaban J connectivity index is 0.00000154. The average Bonchev–Trinajstić information content (AvgIpc) is 2.48. The number of hydrogen-bond donors (Lipinski definition) is 2. The Morgan fingerprint density at radius 1 is 0.947 bits per heavy atom. The molecule has 0 saturated carbocycles. The smallest absolute Gasteiger partial charge is 0.119 e. The highest BCUT2D eigenvalue weighted by atomic mass is 16.5. The van der Waals surface area contributed by atoms with Crippen LogP contribution in [0.3, 0.4) is 0 Å². The minimum atomic E-state index is 0.566. The van der Waals surface area contributed by atoms with E-state index < -0.39 is 0 Å². The predicted octanol–water partition coefficient (Wildman–Crippen LogP) is 3.46. The Bertz CT molecular complexity index is 303. The van der Waals surface area contributed by atoms with Gasteiger partial charge in [-0.15, -0.1) is 0 Å². The van der Waals surface area contributed by atoms with Gasteiger partial charge in [0.1, 0.15) is 5.75 Å². The Morgan fingerprint density at radius 3 is 2.32 bits per heavy atom. The van der Waals surface area contributed by atoms with E-state index in [0.717, 1.165) is 37.3 Å². The molecular weight excluding hydrogens is 236 g/mol. The van der Waals surface area contributed by atoms with Crippen molar-refractivity contribution >= 4 is 0 Å². The van der Waals surface area contributed by atoms with Crippen LogP contribution in [0.1, 0.15) is 51.5 Å². The zero-order valence-corrected chi connectivity index (χ0v) is 12.5. The van der Waals surface area contributed by atoms with Crippen molar-refractivity contribution in [1.29, 1.82) is 0 Å². The van der Waals surface area contributed by atoms with Gasteiger partial charge >= 0.3 is 0 Å². The summed E-state index contributed by atoms with van der Waals surface area (Å²) >= 11 is 0. The van der Waals surface area contributed by atoms with E-state index in [4.69, 9.17) is 16.2 Å². The Morgan fingerprint density at radius 2 is 1.63 bits per heavy atom. The molecule has 0 spiro atoms. The normalized spacial score (nSPS) is 9.68. The van der Waals surface area contributed by atoms with Crippen LogP contribution in [0, 0.1) is 0 Å². The van der Waals surface area contributed by atoms with Gasteiger partial charge in [-0.25, -0.2) is 0 Å². The van der Waals surface area contributed by atoms with E-state index in [2.05, 4.69) is 0 Å². The summed E-state index contributed by atoms with van der Waals surface area (Å²) in [6.45, 7) is 6.16. The van der Waals surface area contributed by atoms with Crippen LogP contribution >= 0.6 is 0 Å². The summed E-state index contributed by atoms with van der Waals surface area (Å²) in [5.41, 5.74) is 12.1. The molecule has 0 aromatic heterocycles. The summed E-state index contributed by atoms with van der Waals surface area (Å²) in [5, 5.41) is 0. The van der Waals surface area contributed by atoms with E-state index in [0.29, 0.717) is 6.54 Å². The monoisotopic (exact) mass is 266 g/mol. The molecular formula is C16H30N2O. The fourth-order valence-electron chi connectivity index (χ4n) is 1.73. The highest BCUT2D eigenvalue weighted by molar-refractivity contribution is 5.28. The minimum Gasteiger partial charge on any atom is -0.494 e. The van der Waals surface area contributed by atoms with Crippen molar-refractivity contribution in [3.8, 4) is 5.75 Å². The standard InChI is InChI=1S/C14H24N2O.C2H6/c15-9-4-2-1-3-5-10-17-14-8-6-7-13(11-14)12-16;1-2/h6-8,11H,1-5,9-10,12,15-16H2;1-2H3. The van der Waals surface area contributed by atoms with Gasteiger partial charge in [0.15, 0.2) is 0 Å². The van der Waals surface area contributed by atoms with E-state index >= 15 is 0 Å². The number of nitrogens with two attached hydrogens (primary N) is 2. The fourth-order valence-corrected chi connectivity index (χ4v) is 1.73. The Labute approximate surface area is 118 Å². The van der Waals surface area contributed by atoms with Gasteiger partial charge in [0.25, 0.3) is 0 Å². The third-order valence-corrected chi connectivity index (χ3v) is 2.75.